The molecule has 3 atom stereocenters. The molecule has 7 heteroatoms. The second kappa shape index (κ2) is 4.18. The fourth-order valence-electron chi connectivity index (χ4n) is 2.29. The number of hydrogen-bond donors (Lipinski definition) is 2. The second-order valence-electron chi connectivity index (χ2n) is 4.53. The first-order valence-electron chi connectivity index (χ1n) is 5.93. The van der Waals surface area contributed by atoms with Crippen LogP contribution in [-0.4, -0.2) is 36.8 Å². The zero-order valence-corrected chi connectivity index (χ0v) is 10.0. The number of nitrogens with zero attached hydrogens (tertiary/aromatic N) is 4. The molecule has 3 rings (SSSR count). The third-order valence-corrected chi connectivity index (χ3v) is 3.27. The lowest BCUT2D eigenvalue weighted by Gasteiger charge is -2.16. The Morgan fingerprint density at radius 3 is 3.00 bits per heavy atom. The van der Waals surface area contributed by atoms with Crippen LogP contribution in [0.3, 0.4) is 0 Å². The Labute approximate surface area is 104 Å². The minimum atomic E-state index is -0.468. The summed E-state index contributed by atoms with van der Waals surface area (Å²) in [6, 6.07) is 0. The molecule has 3 N–H and O–H groups in total. The van der Waals surface area contributed by atoms with Crippen molar-refractivity contribution in [2.75, 3.05) is 5.73 Å². The summed E-state index contributed by atoms with van der Waals surface area (Å²) in [5.74, 6) is 0.365. The van der Waals surface area contributed by atoms with Crippen LogP contribution in [0, 0.1) is 0 Å². The molecule has 0 spiro atoms. The van der Waals surface area contributed by atoms with Gasteiger partial charge in [-0.1, -0.05) is 0 Å². The fraction of sp³-hybridized carbons (Fsp3) is 0.545. The normalized spacial score (nSPS) is 25.7. The highest BCUT2D eigenvalue weighted by molar-refractivity contribution is 5.81. The number of hydrogen-bond acceptors (Lipinski definition) is 6. The molecule has 2 aromatic rings. The van der Waals surface area contributed by atoms with Gasteiger partial charge in [-0.3, -0.25) is 4.57 Å². The van der Waals surface area contributed by atoms with E-state index in [1.807, 2.05) is 4.57 Å². The van der Waals surface area contributed by atoms with Crippen LogP contribution >= 0.6 is 0 Å². The summed E-state index contributed by atoms with van der Waals surface area (Å²) in [5, 5.41) is 9.53. The summed E-state index contributed by atoms with van der Waals surface area (Å²) in [6.07, 6.45) is 3.97. The van der Waals surface area contributed by atoms with E-state index in [1.54, 1.807) is 13.3 Å². The molecule has 0 aliphatic carbocycles. The Morgan fingerprint density at radius 2 is 2.28 bits per heavy atom. The smallest absolute Gasteiger partial charge is 0.167 e. The van der Waals surface area contributed by atoms with Gasteiger partial charge < -0.3 is 15.6 Å². The van der Waals surface area contributed by atoms with Gasteiger partial charge in [0.15, 0.2) is 11.5 Å². The number of nitrogen functional groups attached to an aromatic ring is 1. The molecule has 0 bridgehead atoms. The van der Waals surface area contributed by atoms with Gasteiger partial charge in [-0.05, 0) is 19.8 Å². The highest BCUT2D eigenvalue weighted by atomic mass is 16.5. The number of ether oxygens (including phenoxy) is 1. The summed E-state index contributed by atoms with van der Waals surface area (Å²) >= 11 is 0. The van der Waals surface area contributed by atoms with Crippen molar-refractivity contribution in [1.29, 1.82) is 0 Å². The minimum Gasteiger partial charge on any atom is -0.391 e. The Hall–Kier alpha value is -1.73. The first-order valence-corrected chi connectivity index (χ1v) is 5.93. The highest BCUT2D eigenvalue weighted by Gasteiger charge is 2.30. The van der Waals surface area contributed by atoms with Crippen molar-refractivity contribution in [3.05, 3.63) is 12.7 Å². The van der Waals surface area contributed by atoms with E-state index in [2.05, 4.69) is 15.0 Å². The summed E-state index contributed by atoms with van der Waals surface area (Å²) in [7, 11) is 0. The van der Waals surface area contributed by atoms with Gasteiger partial charge >= 0.3 is 0 Å². The largest absolute Gasteiger partial charge is 0.391 e. The fourth-order valence-corrected chi connectivity index (χ4v) is 2.29. The first kappa shape index (κ1) is 11.4. The van der Waals surface area contributed by atoms with Gasteiger partial charge in [-0.2, -0.15) is 0 Å². The van der Waals surface area contributed by atoms with E-state index < -0.39 is 6.10 Å². The highest BCUT2D eigenvalue weighted by Crippen LogP contribution is 2.32. The average Bonchev–Trinajstić information content (AvgIpc) is 2.94. The molecular formula is C11H15N5O2. The average molecular weight is 249 g/mol. The molecule has 0 unspecified atom stereocenters. The number of rotatable bonds is 2. The maximum Gasteiger partial charge on any atom is 0.167 e. The van der Waals surface area contributed by atoms with Crippen LogP contribution in [0.2, 0.25) is 0 Å². The molecular weight excluding hydrogens is 234 g/mol. The first-order chi connectivity index (χ1) is 8.66. The predicted octanol–water partition coefficient (Wildman–Crippen LogP) is 0.467. The molecule has 0 radical (unpaired) electrons. The minimum absolute atomic E-state index is 0.133. The van der Waals surface area contributed by atoms with Crippen molar-refractivity contribution < 1.29 is 9.84 Å². The zero-order valence-electron chi connectivity index (χ0n) is 10.0. The van der Waals surface area contributed by atoms with Crippen LogP contribution in [0.1, 0.15) is 26.0 Å². The molecule has 18 heavy (non-hydrogen) atoms. The van der Waals surface area contributed by atoms with Crippen molar-refractivity contribution >= 4 is 17.0 Å². The van der Waals surface area contributed by atoms with Crippen LogP contribution in [0.4, 0.5) is 5.82 Å². The third-order valence-electron chi connectivity index (χ3n) is 3.27. The second-order valence-corrected chi connectivity index (χ2v) is 4.53. The lowest BCUT2D eigenvalue weighted by atomic mass is 10.1. The quantitative estimate of drug-likeness (QED) is 0.802. The summed E-state index contributed by atoms with van der Waals surface area (Å²) in [6.45, 7) is 1.74. The molecule has 1 fully saturated rings. The molecule has 2 aromatic heterocycles. The van der Waals surface area contributed by atoms with Gasteiger partial charge in [-0.25, -0.2) is 15.0 Å². The zero-order chi connectivity index (χ0) is 12.7. The number of fused-ring (bicyclic) bond motifs is 1. The Kier molecular flexibility index (Phi) is 2.64. The van der Waals surface area contributed by atoms with E-state index in [0.29, 0.717) is 17.0 Å². The molecule has 1 saturated heterocycles. The van der Waals surface area contributed by atoms with Crippen molar-refractivity contribution in [3.63, 3.8) is 0 Å². The van der Waals surface area contributed by atoms with Gasteiger partial charge in [0.1, 0.15) is 18.1 Å². The Morgan fingerprint density at radius 1 is 1.44 bits per heavy atom. The van der Waals surface area contributed by atoms with Crippen molar-refractivity contribution in [2.45, 2.75) is 38.2 Å². The van der Waals surface area contributed by atoms with Crippen molar-refractivity contribution in [1.82, 2.24) is 19.5 Å². The topological polar surface area (TPSA) is 99.1 Å². The van der Waals surface area contributed by atoms with Crippen LogP contribution in [0.5, 0.6) is 0 Å². The van der Waals surface area contributed by atoms with Gasteiger partial charge in [0.05, 0.1) is 18.5 Å². The van der Waals surface area contributed by atoms with E-state index in [9.17, 15) is 5.11 Å². The van der Waals surface area contributed by atoms with E-state index in [1.165, 1.54) is 6.33 Å². The van der Waals surface area contributed by atoms with Crippen molar-refractivity contribution in [2.24, 2.45) is 0 Å². The number of anilines is 1. The Bertz CT molecular complexity index is 568. The van der Waals surface area contributed by atoms with Gasteiger partial charge in [0, 0.05) is 0 Å². The maximum atomic E-state index is 9.53. The van der Waals surface area contributed by atoms with E-state index >= 15 is 0 Å². The van der Waals surface area contributed by atoms with Crippen LogP contribution in [0.15, 0.2) is 12.7 Å². The maximum absolute atomic E-state index is 9.53. The number of imidazole rings is 1. The van der Waals surface area contributed by atoms with Gasteiger partial charge in [-0.15, -0.1) is 0 Å². The van der Waals surface area contributed by atoms with E-state index in [4.69, 9.17) is 10.5 Å². The third kappa shape index (κ3) is 1.72. The van der Waals surface area contributed by atoms with E-state index in [0.717, 1.165) is 12.8 Å². The van der Waals surface area contributed by atoms with Crippen LogP contribution in [0.25, 0.3) is 11.2 Å². The predicted molar refractivity (Wildman–Crippen MR) is 64.6 cm³/mol. The Balaban J connectivity index is 1.94. The lowest BCUT2D eigenvalue weighted by Crippen LogP contribution is -2.22. The summed E-state index contributed by atoms with van der Waals surface area (Å²) in [5.41, 5.74) is 6.99. The molecule has 7 nitrogen and oxygen atoms in total. The SMILES string of the molecule is C[C@@H](O)[C@H]1CC[C@H](n2cnc3c(N)ncnc32)O1. The number of aliphatic hydroxyl groups excluding tert-OH is 1. The monoisotopic (exact) mass is 249 g/mol. The molecule has 3 heterocycles. The number of nitrogens with two attached hydrogens (primary N) is 1. The van der Waals surface area contributed by atoms with Crippen LogP contribution < -0.4 is 5.73 Å². The molecule has 0 amide bonds. The molecule has 96 valence electrons. The van der Waals surface area contributed by atoms with Gasteiger partial charge in [0.2, 0.25) is 0 Å². The standard InChI is InChI=1S/C11H15N5O2/c1-6(17)7-2-3-8(18-7)16-5-15-9-10(12)13-4-14-11(9)16/h4-8,17H,2-3H2,1H3,(H2,12,13,14)/t6-,7-,8-/m1/s1. The number of aromatic nitrogens is 4. The number of aliphatic hydroxyl groups is 1. The van der Waals surface area contributed by atoms with Crippen molar-refractivity contribution in [3.8, 4) is 0 Å². The summed E-state index contributed by atoms with van der Waals surface area (Å²) < 4.78 is 7.63. The molecule has 0 aromatic carbocycles. The molecule has 0 saturated carbocycles. The molecule has 1 aliphatic rings. The van der Waals surface area contributed by atoms with Gasteiger partial charge in [0.25, 0.3) is 0 Å². The molecule has 1 aliphatic heterocycles. The lowest BCUT2D eigenvalue weighted by molar-refractivity contribution is -0.0515. The summed E-state index contributed by atoms with van der Waals surface area (Å²) in [4.78, 5) is 12.3. The van der Waals surface area contributed by atoms with Crippen LogP contribution in [-0.2, 0) is 4.74 Å². The van der Waals surface area contributed by atoms with E-state index in [-0.39, 0.29) is 12.3 Å².